The molecule has 0 aromatic heterocycles. The first-order valence-corrected chi connectivity index (χ1v) is 8.88. The Morgan fingerprint density at radius 3 is 2.62 bits per heavy atom. The summed E-state index contributed by atoms with van der Waals surface area (Å²) in [6, 6.07) is 8.69. The molecule has 1 heterocycles. The van der Waals surface area contributed by atoms with Gasteiger partial charge in [0.15, 0.2) is 0 Å². The third-order valence-corrected chi connectivity index (χ3v) is 4.63. The molecule has 0 N–H and O–H groups in total. The van der Waals surface area contributed by atoms with Gasteiger partial charge in [-0.1, -0.05) is 54.3 Å². The summed E-state index contributed by atoms with van der Waals surface area (Å²) in [5.74, 6) is -0.789. The summed E-state index contributed by atoms with van der Waals surface area (Å²) in [5.41, 5.74) is 0.929. The molecule has 0 spiro atoms. The summed E-state index contributed by atoms with van der Waals surface area (Å²) in [6.45, 7) is 4.26. The average Bonchev–Trinajstić information content (AvgIpc) is 2.86. The van der Waals surface area contributed by atoms with Gasteiger partial charge in [-0.15, -0.1) is 0 Å². The quantitative estimate of drug-likeness (QED) is 0.321. The van der Waals surface area contributed by atoms with Crippen molar-refractivity contribution >= 4 is 40.2 Å². The van der Waals surface area contributed by atoms with E-state index in [2.05, 4.69) is 0 Å². The molecule has 1 saturated heterocycles. The monoisotopic (exact) mass is 365 g/mol. The highest BCUT2D eigenvalue weighted by Crippen LogP contribution is 2.33. The van der Waals surface area contributed by atoms with Crippen LogP contribution in [0.2, 0.25) is 0 Å². The van der Waals surface area contributed by atoms with Crippen LogP contribution in [0.3, 0.4) is 0 Å². The van der Waals surface area contributed by atoms with Crippen molar-refractivity contribution in [3.05, 3.63) is 47.1 Å². The highest BCUT2D eigenvalue weighted by molar-refractivity contribution is 8.26. The van der Waals surface area contributed by atoms with E-state index in [9.17, 15) is 9.59 Å². The van der Waals surface area contributed by atoms with Gasteiger partial charge in [0.2, 0.25) is 0 Å². The maximum absolute atomic E-state index is 12.6. The summed E-state index contributed by atoms with van der Waals surface area (Å²) < 4.78 is 10.7. The Hall–Kier alpha value is -1.86. The topological polar surface area (TPSA) is 55.8 Å². The van der Waals surface area contributed by atoms with E-state index < -0.39 is 12.0 Å². The van der Waals surface area contributed by atoms with Crippen LogP contribution in [0.4, 0.5) is 0 Å². The molecule has 2 rings (SSSR count). The van der Waals surface area contributed by atoms with Crippen LogP contribution in [0.25, 0.3) is 0 Å². The van der Waals surface area contributed by atoms with Crippen LogP contribution in [-0.4, -0.2) is 40.4 Å². The van der Waals surface area contributed by atoms with Crippen molar-refractivity contribution in [3.63, 3.8) is 0 Å². The molecule has 7 heteroatoms. The predicted molar refractivity (Wildman–Crippen MR) is 97.3 cm³/mol. The van der Waals surface area contributed by atoms with Crippen molar-refractivity contribution < 1.29 is 19.1 Å². The van der Waals surface area contributed by atoms with E-state index in [1.165, 1.54) is 11.2 Å². The molecule has 1 aromatic carbocycles. The molecule has 1 aliphatic heterocycles. The number of hydrogen-bond donors (Lipinski definition) is 0. The highest BCUT2D eigenvalue weighted by Gasteiger charge is 2.41. The normalized spacial score (nSPS) is 17.2. The molecule has 1 aromatic rings. The number of benzene rings is 1. The highest BCUT2D eigenvalue weighted by atomic mass is 32.2. The minimum Gasteiger partial charge on any atom is -0.500 e. The number of thioether (sulfide) groups is 1. The lowest BCUT2D eigenvalue weighted by molar-refractivity contribution is -0.150. The molecule has 0 aliphatic carbocycles. The van der Waals surface area contributed by atoms with Gasteiger partial charge in [0.25, 0.3) is 5.91 Å². The summed E-state index contributed by atoms with van der Waals surface area (Å²) in [5, 5.41) is 0. The van der Waals surface area contributed by atoms with Crippen molar-refractivity contribution in [2.75, 3.05) is 13.2 Å². The van der Waals surface area contributed by atoms with Crippen LogP contribution in [0, 0.1) is 0 Å². The zero-order valence-electron chi connectivity index (χ0n) is 13.6. The van der Waals surface area contributed by atoms with E-state index in [-0.39, 0.29) is 12.5 Å². The Morgan fingerprint density at radius 2 is 2.00 bits per heavy atom. The van der Waals surface area contributed by atoms with Crippen LogP contribution >= 0.6 is 24.0 Å². The smallest absolute Gasteiger partial charge is 0.329 e. The van der Waals surface area contributed by atoms with Crippen LogP contribution in [-0.2, 0) is 25.5 Å². The zero-order chi connectivity index (χ0) is 17.5. The van der Waals surface area contributed by atoms with Crippen LogP contribution in [0.15, 0.2) is 41.5 Å². The van der Waals surface area contributed by atoms with E-state index in [0.717, 1.165) is 17.3 Å². The van der Waals surface area contributed by atoms with Gasteiger partial charge in [-0.05, 0) is 19.4 Å². The van der Waals surface area contributed by atoms with Gasteiger partial charge in [-0.3, -0.25) is 9.69 Å². The second-order valence-electron chi connectivity index (χ2n) is 4.94. The van der Waals surface area contributed by atoms with Gasteiger partial charge in [0.05, 0.1) is 13.2 Å². The van der Waals surface area contributed by atoms with Crippen LogP contribution in [0.1, 0.15) is 19.4 Å². The molecule has 0 radical (unpaired) electrons. The van der Waals surface area contributed by atoms with Crippen molar-refractivity contribution in [1.82, 2.24) is 4.90 Å². The van der Waals surface area contributed by atoms with Crippen molar-refractivity contribution in [1.29, 1.82) is 0 Å². The van der Waals surface area contributed by atoms with E-state index in [4.69, 9.17) is 21.7 Å². The second-order valence-corrected chi connectivity index (χ2v) is 6.61. The molecule has 1 atom stereocenters. The standard InChI is InChI=1S/C17H19NO4S2/c1-3-21-11-14-15(19)18(17(23)24-14)13(16(20)22-4-2)10-12-8-6-5-7-9-12/h5-9,11,13H,3-4,10H2,1-2H3/b14-11-/t13-/m0/s1. The fourth-order valence-corrected chi connectivity index (χ4v) is 3.52. The van der Waals surface area contributed by atoms with Gasteiger partial charge in [-0.2, -0.15) is 0 Å². The first-order valence-electron chi connectivity index (χ1n) is 7.66. The first kappa shape index (κ1) is 18.5. The summed E-state index contributed by atoms with van der Waals surface area (Å²) >= 11 is 6.44. The van der Waals surface area contributed by atoms with Crippen molar-refractivity contribution in [3.8, 4) is 0 Å². The van der Waals surface area contributed by atoms with Gasteiger partial charge < -0.3 is 9.47 Å². The largest absolute Gasteiger partial charge is 0.500 e. The Balaban J connectivity index is 2.27. The van der Waals surface area contributed by atoms with Crippen molar-refractivity contribution in [2.24, 2.45) is 0 Å². The number of rotatable bonds is 7. The molecule has 5 nitrogen and oxygen atoms in total. The minimum atomic E-state index is -0.785. The molecule has 0 unspecified atom stereocenters. The molecule has 1 aliphatic rings. The lowest BCUT2D eigenvalue weighted by Gasteiger charge is -2.25. The maximum atomic E-state index is 12.6. The third-order valence-electron chi connectivity index (χ3n) is 3.32. The minimum absolute atomic E-state index is 0.244. The first-order chi connectivity index (χ1) is 11.6. The lowest BCUT2D eigenvalue weighted by atomic mass is 10.0. The molecule has 128 valence electrons. The fraction of sp³-hybridized carbons (Fsp3) is 0.353. The van der Waals surface area contributed by atoms with Crippen LogP contribution < -0.4 is 0 Å². The van der Waals surface area contributed by atoms with Gasteiger partial charge in [0, 0.05) is 6.42 Å². The van der Waals surface area contributed by atoms with Crippen molar-refractivity contribution in [2.45, 2.75) is 26.3 Å². The molecule has 1 amide bonds. The summed E-state index contributed by atoms with van der Waals surface area (Å²) in [7, 11) is 0. The Kier molecular flexibility index (Phi) is 6.81. The molecule has 0 bridgehead atoms. The van der Waals surface area contributed by atoms with Gasteiger partial charge >= 0.3 is 5.97 Å². The van der Waals surface area contributed by atoms with Crippen LogP contribution in [0.5, 0.6) is 0 Å². The average molecular weight is 365 g/mol. The number of hydrogen-bond acceptors (Lipinski definition) is 6. The number of carbonyl (C=O) groups excluding carboxylic acids is 2. The molecule has 0 saturated carbocycles. The number of thiocarbonyl (C=S) groups is 1. The summed E-state index contributed by atoms with van der Waals surface area (Å²) in [6.07, 6.45) is 1.73. The maximum Gasteiger partial charge on any atom is 0.329 e. The van der Waals surface area contributed by atoms with E-state index in [0.29, 0.717) is 22.3 Å². The Bertz CT molecular complexity index is 645. The molecule has 24 heavy (non-hydrogen) atoms. The zero-order valence-corrected chi connectivity index (χ0v) is 15.2. The third kappa shape index (κ3) is 4.36. The predicted octanol–water partition coefficient (Wildman–Crippen LogP) is 2.90. The second kappa shape index (κ2) is 8.84. The molecular formula is C17H19NO4S2. The number of amides is 1. The van der Waals surface area contributed by atoms with E-state index in [1.807, 2.05) is 37.3 Å². The number of nitrogens with zero attached hydrogens (tertiary/aromatic N) is 1. The molecular weight excluding hydrogens is 346 g/mol. The Morgan fingerprint density at radius 1 is 1.29 bits per heavy atom. The number of ether oxygens (including phenoxy) is 2. The van der Waals surface area contributed by atoms with E-state index in [1.54, 1.807) is 6.92 Å². The van der Waals surface area contributed by atoms with Gasteiger partial charge in [-0.25, -0.2) is 4.79 Å². The number of esters is 1. The SMILES string of the molecule is CCO/C=C1\SC(=S)N([C@@H](Cc2ccccc2)C(=O)OCC)C1=O. The lowest BCUT2D eigenvalue weighted by Crippen LogP contribution is -2.46. The Labute approximate surface area is 151 Å². The summed E-state index contributed by atoms with van der Waals surface area (Å²) in [4.78, 5) is 26.7. The molecule has 1 fully saturated rings. The van der Waals surface area contributed by atoms with E-state index >= 15 is 0 Å². The number of carbonyl (C=O) groups is 2. The fourth-order valence-electron chi connectivity index (χ4n) is 2.25. The van der Waals surface area contributed by atoms with Gasteiger partial charge in [0.1, 0.15) is 21.5 Å².